The Bertz CT molecular complexity index is 589. The summed E-state index contributed by atoms with van der Waals surface area (Å²) in [5.41, 5.74) is 5.52. The molecule has 2 heteroatoms. The molecule has 0 saturated heterocycles. The minimum atomic E-state index is 0.598. The zero-order valence-electron chi connectivity index (χ0n) is 12.3. The van der Waals surface area contributed by atoms with Crippen LogP contribution < -0.4 is 0 Å². The highest BCUT2D eigenvalue weighted by atomic mass is 15.1. The lowest BCUT2D eigenvalue weighted by atomic mass is 10.00. The van der Waals surface area contributed by atoms with Gasteiger partial charge in [0.05, 0.1) is 0 Å². The lowest BCUT2D eigenvalue weighted by molar-refractivity contribution is 0.243. The summed E-state index contributed by atoms with van der Waals surface area (Å²) in [5, 5.41) is 0. The molecule has 0 bridgehead atoms. The minimum Gasteiger partial charge on any atom is -0.294 e. The van der Waals surface area contributed by atoms with Gasteiger partial charge in [0, 0.05) is 37.9 Å². The van der Waals surface area contributed by atoms with Crippen molar-refractivity contribution in [2.24, 2.45) is 0 Å². The largest absolute Gasteiger partial charge is 0.294 e. The van der Waals surface area contributed by atoms with E-state index in [1.165, 1.54) is 22.4 Å². The monoisotopic (exact) mass is 266 g/mol. The summed E-state index contributed by atoms with van der Waals surface area (Å²) in [4.78, 5) is 6.99. The summed E-state index contributed by atoms with van der Waals surface area (Å²) in [6.07, 6.45) is 2.97. The summed E-state index contributed by atoms with van der Waals surface area (Å²) in [6, 6.07) is 13.3. The van der Waals surface area contributed by atoms with Crippen LogP contribution in [0, 0.1) is 0 Å². The van der Waals surface area contributed by atoms with Gasteiger partial charge in [0.2, 0.25) is 0 Å². The zero-order valence-corrected chi connectivity index (χ0v) is 12.3. The van der Waals surface area contributed by atoms with E-state index < -0.39 is 0 Å². The van der Waals surface area contributed by atoms with Crippen LogP contribution in [0.25, 0.3) is 0 Å². The standard InChI is InChI=1S/C18H22N2/c1-14(2)16-6-3-5-15(11-16)12-20-10-8-18-17(13-20)7-4-9-19-18/h3-7,9,11,14H,8,10,12-13H2,1-2H3. The van der Waals surface area contributed by atoms with Gasteiger partial charge in [0.25, 0.3) is 0 Å². The van der Waals surface area contributed by atoms with Crippen LogP contribution >= 0.6 is 0 Å². The summed E-state index contributed by atoms with van der Waals surface area (Å²) >= 11 is 0. The number of hydrogen-bond acceptors (Lipinski definition) is 2. The van der Waals surface area contributed by atoms with E-state index in [9.17, 15) is 0 Å². The fraction of sp³-hybridized carbons (Fsp3) is 0.389. The molecule has 104 valence electrons. The molecular formula is C18H22N2. The second-order valence-electron chi connectivity index (χ2n) is 5.97. The highest BCUT2D eigenvalue weighted by Gasteiger charge is 2.16. The van der Waals surface area contributed by atoms with Crippen LogP contribution in [0.1, 0.15) is 42.1 Å². The Hall–Kier alpha value is -1.67. The van der Waals surface area contributed by atoms with E-state index in [1.54, 1.807) is 0 Å². The molecule has 2 heterocycles. The van der Waals surface area contributed by atoms with Gasteiger partial charge in [-0.05, 0) is 28.7 Å². The maximum absolute atomic E-state index is 4.47. The highest BCUT2D eigenvalue weighted by molar-refractivity contribution is 5.27. The zero-order chi connectivity index (χ0) is 13.9. The smallest absolute Gasteiger partial charge is 0.0461 e. The predicted octanol–water partition coefficient (Wildman–Crippen LogP) is 3.76. The molecule has 1 aromatic heterocycles. The molecule has 0 N–H and O–H groups in total. The Morgan fingerprint density at radius 3 is 2.95 bits per heavy atom. The van der Waals surface area contributed by atoms with Gasteiger partial charge in [-0.1, -0.05) is 44.2 Å². The van der Waals surface area contributed by atoms with E-state index in [0.29, 0.717) is 5.92 Å². The lowest BCUT2D eigenvalue weighted by Gasteiger charge is -2.28. The summed E-state index contributed by atoms with van der Waals surface area (Å²) in [5.74, 6) is 0.598. The van der Waals surface area contributed by atoms with Gasteiger partial charge < -0.3 is 0 Å². The van der Waals surface area contributed by atoms with E-state index in [0.717, 1.165) is 26.1 Å². The number of benzene rings is 1. The Balaban J connectivity index is 1.72. The van der Waals surface area contributed by atoms with Crippen LogP contribution in [0.15, 0.2) is 42.6 Å². The molecule has 2 nitrogen and oxygen atoms in total. The van der Waals surface area contributed by atoms with Gasteiger partial charge in [-0.3, -0.25) is 9.88 Å². The molecule has 0 fully saturated rings. The van der Waals surface area contributed by atoms with Crippen molar-refractivity contribution in [2.75, 3.05) is 6.54 Å². The number of rotatable bonds is 3. The fourth-order valence-electron chi connectivity index (χ4n) is 2.87. The first-order chi connectivity index (χ1) is 9.72. The first-order valence-corrected chi connectivity index (χ1v) is 7.46. The summed E-state index contributed by atoms with van der Waals surface area (Å²) in [6.45, 7) is 7.67. The van der Waals surface area contributed by atoms with Gasteiger partial charge in [-0.15, -0.1) is 0 Å². The van der Waals surface area contributed by atoms with E-state index in [-0.39, 0.29) is 0 Å². The predicted molar refractivity (Wildman–Crippen MR) is 82.6 cm³/mol. The number of nitrogens with zero attached hydrogens (tertiary/aromatic N) is 2. The topological polar surface area (TPSA) is 16.1 Å². The maximum atomic E-state index is 4.47. The van der Waals surface area contributed by atoms with Crippen LogP contribution in [0.4, 0.5) is 0 Å². The molecule has 1 aliphatic heterocycles. The molecule has 2 aromatic rings. The molecule has 0 aliphatic carbocycles. The second kappa shape index (κ2) is 5.76. The highest BCUT2D eigenvalue weighted by Crippen LogP contribution is 2.20. The van der Waals surface area contributed by atoms with Gasteiger partial charge in [0.1, 0.15) is 0 Å². The van der Waals surface area contributed by atoms with E-state index in [2.05, 4.69) is 54.1 Å². The van der Waals surface area contributed by atoms with E-state index in [1.807, 2.05) is 12.3 Å². The normalized spacial score (nSPS) is 15.3. The first kappa shape index (κ1) is 13.3. The molecule has 20 heavy (non-hydrogen) atoms. The number of pyridine rings is 1. The third kappa shape index (κ3) is 2.91. The van der Waals surface area contributed by atoms with Gasteiger partial charge >= 0.3 is 0 Å². The molecule has 0 atom stereocenters. The summed E-state index contributed by atoms with van der Waals surface area (Å²) < 4.78 is 0. The van der Waals surface area contributed by atoms with Crippen LogP contribution in [0.3, 0.4) is 0 Å². The van der Waals surface area contributed by atoms with Crippen molar-refractivity contribution in [1.29, 1.82) is 0 Å². The molecule has 1 aromatic carbocycles. The molecule has 0 saturated carbocycles. The molecule has 0 radical (unpaired) electrons. The van der Waals surface area contributed by atoms with Crippen LogP contribution in [0.5, 0.6) is 0 Å². The Kier molecular flexibility index (Phi) is 3.83. The average Bonchev–Trinajstić information content (AvgIpc) is 2.47. The van der Waals surface area contributed by atoms with Crippen molar-refractivity contribution in [3.05, 3.63) is 65.0 Å². The summed E-state index contributed by atoms with van der Waals surface area (Å²) in [7, 11) is 0. The van der Waals surface area contributed by atoms with Crippen molar-refractivity contribution < 1.29 is 0 Å². The third-order valence-electron chi connectivity index (χ3n) is 4.07. The molecule has 1 aliphatic rings. The van der Waals surface area contributed by atoms with Crippen molar-refractivity contribution in [1.82, 2.24) is 9.88 Å². The fourth-order valence-corrected chi connectivity index (χ4v) is 2.87. The SMILES string of the molecule is CC(C)c1cccc(CN2CCc3ncccc3C2)c1. The maximum Gasteiger partial charge on any atom is 0.0461 e. The van der Waals surface area contributed by atoms with Crippen molar-refractivity contribution >= 4 is 0 Å². The second-order valence-corrected chi connectivity index (χ2v) is 5.97. The van der Waals surface area contributed by atoms with Crippen LogP contribution in [-0.2, 0) is 19.5 Å². The van der Waals surface area contributed by atoms with E-state index in [4.69, 9.17) is 0 Å². The molecule has 0 amide bonds. The molecule has 3 rings (SSSR count). The van der Waals surface area contributed by atoms with Gasteiger partial charge in [0.15, 0.2) is 0 Å². The number of aromatic nitrogens is 1. The van der Waals surface area contributed by atoms with Crippen molar-refractivity contribution in [2.45, 2.75) is 39.3 Å². The molecule has 0 spiro atoms. The third-order valence-corrected chi connectivity index (χ3v) is 4.07. The van der Waals surface area contributed by atoms with Crippen LogP contribution in [-0.4, -0.2) is 16.4 Å². The Morgan fingerprint density at radius 2 is 2.10 bits per heavy atom. The van der Waals surface area contributed by atoms with Crippen LogP contribution in [0.2, 0.25) is 0 Å². The molecule has 0 unspecified atom stereocenters. The van der Waals surface area contributed by atoms with Crippen molar-refractivity contribution in [3.63, 3.8) is 0 Å². The lowest BCUT2D eigenvalue weighted by Crippen LogP contribution is -2.30. The first-order valence-electron chi connectivity index (χ1n) is 7.46. The average molecular weight is 266 g/mol. The Labute approximate surface area is 121 Å². The number of hydrogen-bond donors (Lipinski definition) is 0. The quantitative estimate of drug-likeness (QED) is 0.841. The Morgan fingerprint density at radius 1 is 1.20 bits per heavy atom. The van der Waals surface area contributed by atoms with Gasteiger partial charge in [-0.2, -0.15) is 0 Å². The van der Waals surface area contributed by atoms with Crippen molar-refractivity contribution in [3.8, 4) is 0 Å². The number of fused-ring (bicyclic) bond motifs is 1. The minimum absolute atomic E-state index is 0.598. The van der Waals surface area contributed by atoms with Gasteiger partial charge in [-0.25, -0.2) is 0 Å². The van der Waals surface area contributed by atoms with E-state index >= 15 is 0 Å². The molecular weight excluding hydrogens is 244 g/mol.